The number of hydrogen-bond donors (Lipinski definition) is 0. The van der Waals surface area contributed by atoms with E-state index in [0.29, 0.717) is 0 Å². The van der Waals surface area contributed by atoms with Gasteiger partial charge in [0.2, 0.25) is 0 Å². The Kier molecular flexibility index (Phi) is 6.61. The zero-order valence-electron chi connectivity index (χ0n) is 11.0. The van der Waals surface area contributed by atoms with Crippen molar-refractivity contribution in [3.63, 3.8) is 0 Å². The van der Waals surface area contributed by atoms with Crippen LogP contribution in [-0.2, 0) is 0 Å². The van der Waals surface area contributed by atoms with Crippen LogP contribution in [0.15, 0.2) is 0 Å². The van der Waals surface area contributed by atoms with Gasteiger partial charge in [0.1, 0.15) is 0 Å². The Morgan fingerprint density at radius 2 is 0.857 bits per heavy atom. The van der Waals surface area contributed by atoms with Crippen LogP contribution in [0.25, 0.3) is 0 Å². The standard InChI is InChI=1S/3C3H8N.CH3.Sn/c3*1-4(2)3;;/h3*1H2,2-3H3;1H3;. The average Bonchev–Trinajstić information content (AvgIpc) is 1.76. The molecule has 86 valence electrons. The molecule has 0 spiro atoms. The summed E-state index contributed by atoms with van der Waals surface area (Å²) in [6.45, 7) is 0. The van der Waals surface area contributed by atoms with Gasteiger partial charge in [0, 0.05) is 0 Å². The molecule has 14 heavy (non-hydrogen) atoms. The van der Waals surface area contributed by atoms with Crippen LogP contribution >= 0.6 is 0 Å². The van der Waals surface area contributed by atoms with Crippen molar-refractivity contribution in [2.24, 2.45) is 0 Å². The summed E-state index contributed by atoms with van der Waals surface area (Å²) in [6, 6.07) is 0. The SMILES string of the molecule is CN(C)[CH2][Sn]([CH3])([CH2]N(C)C)[CH2]N(C)C. The van der Waals surface area contributed by atoms with Crippen molar-refractivity contribution in [3.05, 3.63) is 0 Å². The summed E-state index contributed by atoms with van der Waals surface area (Å²) in [6.07, 6.45) is 0. The van der Waals surface area contributed by atoms with E-state index in [1.807, 2.05) is 0 Å². The summed E-state index contributed by atoms with van der Waals surface area (Å²) in [4.78, 5) is 9.66. The summed E-state index contributed by atoms with van der Waals surface area (Å²) in [5.74, 6) is 0. The third-order valence-electron chi connectivity index (χ3n) is 2.09. The first-order valence-electron chi connectivity index (χ1n) is 5.19. The van der Waals surface area contributed by atoms with Gasteiger partial charge in [-0.25, -0.2) is 0 Å². The molecule has 4 heteroatoms. The molecule has 0 aliphatic heterocycles. The number of rotatable bonds is 6. The molecule has 0 rings (SSSR count). The Morgan fingerprint density at radius 3 is 1.00 bits per heavy atom. The monoisotopic (exact) mass is 309 g/mol. The summed E-state index contributed by atoms with van der Waals surface area (Å²) < 4.78 is 4.02. The molecule has 0 heterocycles. The first-order chi connectivity index (χ1) is 6.25. The van der Waals surface area contributed by atoms with Crippen molar-refractivity contribution in [2.45, 2.75) is 4.94 Å². The molecule has 0 aliphatic carbocycles. The van der Waals surface area contributed by atoms with E-state index in [-0.39, 0.29) is 0 Å². The normalized spacial score (nSPS) is 13.3. The second-order valence-corrected chi connectivity index (χ2v) is 18.6. The molecule has 3 nitrogen and oxygen atoms in total. The summed E-state index contributed by atoms with van der Waals surface area (Å²) in [7, 11) is 13.2. The van der Waals surface area contributed by atoms with Gasteiger partial charge in [0.25, 0.3) is 0 Å². The Hall–Kier alpha value is 0.679. The molecule has 0 atom stereocenters. The van der Waals surface area contributed by atoms with Crippen LogP contribution in [0.3, 0.4) is 0 Å². The van der Waals surface area contributed by atoms with Crippen molar-refractivity contribution in [2.75, 3.05) is 56.0 Å². The predicted molar refractivity (Wildman–Crippen MR) is 67.3 cm³/mol. The third-order valence-corrected chi connectivity index (χ3v) is 14.0. The molecular weight excluding hydrogens is 281 g/mol. The van der Waals surface area contributed by atoms with Gasteiger partial charge in [0.05, 0.1) is 0 Å². The molecule has 0 radical (unpaired) electrons. The minimum atomic E-state index is -1.93. The van der Waals surface area contributed by atoms with E-state index in [1.54, 1.807) is 0 Å². The molecule has 0 fully saturated rings. The van der Waals surface area contributed by atoms with Gasteiger partial charge in [-0.1, -0.05) is 0 Å². The quantitative estimate of drug-likeness (QED) is 0.657. The maximum absolute atomic E-state index is 2.56. The van der Waals surface area contributed by atoms with E-state index in [1.165, 1.54) is 13.7 Å². The average molecular weight is 308 g/mol. The van der Waals surface area contributed by atoms with E-state index in [9.17, 15) is 0 Å². The van der Waals surface area contributed by atoms with Gasteiger partial charge in [0.15, 0.2) is 0 Å². The predicted octanol–water partition coefficient (Wildman–Crippen LogP) is 0.367. The molecule has 0 aromatic rings. The van der Waals surface area contributed by atoms with Gasteiger partial charge in [-0.3, -0.25) is 0 Å². The van der Waals surface area contributed by atoms with Gasteiger partial charge >= 0.3 is 94.0 Å². The van der Waals surface area contributed by atoms with Crippen LogP contribution in [0.5, 0.6) is 0 Å². The van der Waals surface area contributed by atoms with E-state index < -0.39 is 18.4 Å². The summed E-state index contributed by atoms with van der Waals surface area (Å²) >= 11 is -1.93. The summed E-state index contributed by atoms with van der Waals surface area (Å²) in [5.41, 5.74) is 0. The zero-order chi connectivity index (χ0) is 11.4. The van der Waals surface area contributed by atoms with E-state index in [2.05, 4.69) is 61.9 Å². The topological polar surface area (TPSA) is 9.72 Å². The van der Waals surface area contributed by atoms with E-state index >= 15 is 0 Å². The van der Waals surface area contributed by atoms with E-state index in [4.69, 9.17) is 0 Å². The van der Waals surface area contributed by atoms with Gasteiger partial charge < -0.3 is 0 Å². The van der Waals surface area contributed by atoms with Crippen molar-refractivity contribution < 1.29 is 0 Å². The minimum absolute atomic E-state index is 1.34. The van der Waals surface area contributed by atoms with Gasteiger partial charge in [-0.05, 0) is 0 Å². The van der Waals surface area contributed by atoms with Crippen LogP contribution in [-0.4, -0.2) is 89.0 Å². The third kappa shape index (κ3) is 7.03. The van der Waals surface area contributed by atoms with Crippen molar-refractivity contribution in [1.82, 2.24) is 14.7 Å². The molecule has 0 saturated heterocycles. The van der Waals surface area contributed by atoms with Gasteiger partial charge in [-0.15, -0.1) is 0 Å². The number of hydrogen-bond acceptors (Lipinski definition) is 3. The fourth-order valence-corrected chi connectivity index (χ4v) is 16.4. The van der Waals surface area contributed by atoms with Crippen molar-refractivity contribution in [3.8, 4) is 0 Å². The second kappa shape index (κ2) is 6.30. The molecule has 0 amide bonds. The Labute approximate surface area is 93.9 Å². The zero-order valence-corrected chi connectivity index (χ0v) is 13.8. The van der Waals surface area contributed by atoms with Crippen LogP contribution in [0.4, 0.5) is 0 Å². The molecule has 0 aromatic carbocycles. The Morgan fingerprint density at radius 1 is 0.643 bits per heavy atom. The maximum atomic E-state index is 2.56. The first kappa shape index (κ1) is 14.7. The van der Waals surface area contributed by atoms with Crippen LogP contribution < -0.4 is 0 Å². The van der Waals surface area contributed by atoms with Crippen molar-refractivity contribution >= 4 is 18.4 Å². The van der Waals surface area contributed by atoms with E-state index in [0.717, 1.165) is 0 Å². The molecule has 0 bridgehead atoms. The molecule has 0 N–H and O–H groups in total. The van der Waals surface area contributed by atoms with Crippen LogP contribution in [0, 0.1) is 0 Å². The number of nitrogens with zero attached hydrogens (tertiary/aromatic N) is 3. The van der Waals surface area contributed by atoms with Crippen LogP contribution in [0.1, 0.15) is 0 Å². The molecular formula is C10H27N3Sn. The van der Waals surface area contributed by atoms with Crippen LogP contribution in [0.2, 0.25) is 4.94 Å². The molecule has 0 aliphatic rings. The summed E-state index contributed by atoms with van der Waals surface area (Å²) in [5, 5.41) is 0. The molecule has 0 aromatic heterocycles. The fourth-order valence-electron chi connectivity index (χ4n) is 2.44. The van der Waals surface area contributed by atoms with Crippen molar-refractivity contribution in [1.29, 1.82) is 0 Å². The van der Waals surface area contributed by atoms with Gasteiger partial charge in [-0.2, -0.15) is 0 Å². The molecule has 0 unspecified atom stereocenters. The second-order valence-electron chi connectivity index (χ2n) is 5.52. The first-order valence-corrected chi connectivity index (χ1v) is 14.1. The fraction of sp³-hybridized carbons (Fsp3) is 1.00. The molecule has 0 saturated carbocycles. The Bertz CT molecular complexity index is 131. The Balaban J connectivity index is 4.32.